The molecule has 0 unspecified atom stereocenters. The molecule has 3 fully saturated rings. The number of hydrogen-bond donors (Lipinski definition) is 1. The molecule has 33 heavy (non-hydrogen) atoms. The Kier molecular flexibility index (Phi) is 7.05. The van der Waals surface area contributed by atoms with Crippen LogP contribution >= 0.6 is 0 Å². The second kappa shape index (κ2) is 9.17. The first-order valence-electron chi connectivity index (χ1n) is 11.9. The molecule has 0 aromatic carbocycles. The van der Waals surface area contributed by atoms with E-state index in [1.165, 1.54) is 13.2 Å². The molecular weight excluding hydrogens is 416 g/mol. The van der Waals surface area contributed by atoms with Gasteiger partial charge in [0.2, 0.25) is 0 Å². The molecule has 0 aromatic heterocycles. The van der Waals surface area contributed by atoms with Gasteiger partial charge in [-0.3, -0.25) is 14.4 Å². The molecule has 0 aliphatic heterocycles. The number of methoxy groups -OCH3 is 1. The molecule has 1 N–H and O–H groups in total. The minimum absolute atomic E-state index is 0.0301. The fourth-order valence-electron chi connectivity index (χ4n) is 7.44. The van der Waals surface area contributed by atoms with E-state index in [4.69, 9.17) is 4.74 Å². The number of ketones is 1. The minimum atomic E-state index is -0.953. The molecule has 6 atom stereocenters. The lowest BCUT2D eigenvalue weighted by Gasteiger charge is -2.61. The number of hydrogen-bond acceptors (Lipinski definition) is 5. The molecule has 180 valence electrons. The van der Waals surface area contributed by atoms with Gasteiger partial charge in [-0.05, 0) is 75.4 Å². The van der Waals surface area contributed by atoms with Gasteiger partial charge in [0.1, 0.15) is 6.29 Å². The van der Waals surface area contributed by atoms with E-state index in [0.29, 0.717) is 12.8 Å². The molecule has 0 heterocycles. The topological polar surface area (TPSA) is 80.7 Å². The van der Waals surface area contributed by atoms with Crippen molar-refractivity contribution in [3.05, 3.63) is 47.1 Å². The lowest BCUT2D eigenvalue weighted by atomic mass is 9.42. The number of fused-ring (bicyclic) bond motifs is 3. The van der Waals surface area contributed by atoms with Crippen LogP contribution in [-0.4, -0.2) is 36.4 Å². The number of carbonyl (C=O) groups excluding carboxylic acids is 3. The first-order chi connectivity index (χ1) is 15.5. The standard InChI is InChI=1S/C28H38O5/c1-18(10-8-16-29)9-7-11-19(2)24-20(30)17-22-26(3)15-13-23(31)28(5,25(32)33-6)21(26)12-14-27(22,24)4/h7-11,16,21-23,31H,12-15,17H2,1-6H3/b10-8+,11-7+,18-9+,24-19-/t21-,22+,23-,26+,27+,28-/m1/s1. The Hall–Kier alpha value is -2.27. The Morgan fingerprint density at radius 1 is 1.06 bits per heavy atom. The largest absolute Gasteiger partial charge is 0.469 e. The molecule has 0 amide bonds. The highest BCUT2D eigenvalue weighted by atomic mass is 16.5. The van der Waals surface area contributed by atoms with E-state index in [1.807, 2.05) is 39.0 Å². The maximum atomic E-state index is 13.4. The average molecular weight is 455 g/mol. The maximum absolute atomic E-state index is 13.4. The van der Waals surface area contributed by atoms with Crippen molar-refractivity contribution >= 4 is 18.0 Å². The molecule has 3 rings (SSSR count). The van der Waals surface area contributed by atoms with Crippen LogP contribution in [0.5, 0.6) is 0 Å². The second-order valence-electron chi connectivity index (χ2n) is 10.8. The highest BCUT2D eigenvalue weighted by molar-refractivity contribution is 6.01. The first-order valence-corrected chi connectivity index (χ1v) is 11.9. The first kappa shape index (κ1) is 25.4. The van der Waals surface area contributed by atoms with Gasteiger partial charge in [-0.25, -0.2) is 0 Å². The van der Waals surface area contributed by atoms with E-state index in [0.717, 1.165) is 42.3 Å². The molecule has 0 aromatic rings. The van der Waals surface area contributed by atoms with Crippen LogP contribution in [0.25, 0.3) is 0 Å². The fraction of sp³-hybridized carbons (Fsp3) is 0.607. The predicted octanol–water partition coefficient (Wildman–Crippen LogP) is 4.91. The summed E-state index contributed by atoms with van der Waals surface area (Å²) < 4.78 is 5.15. The Labute approximate surface area is 197 Å². The molecule has 0 saturated heterocycles. The van der Waals surface area contributed by atoms with E-state index in [2.05, 4.69) is 13.8 Å². The van der Waals surface area contributed by atoms with Crippen LogP contribution in [0.4, 0.5) is 0 Å². The summed E-state index contributed by atoms with van der Waals surface area (Å²) in [5.41, 5.74) is 1.39. The molecule has 3 saturated carbocycles. The van der Waals surface area contributed by atoms with Gasteiger partial charge in [0, 0.05) is 17.4 Å². The second-order valence-corrected chi connectivity index (χ2v) is 10.8. The van der Waals surface area contributed by atoms with Crippen LogP contribution in [-0.2, 0) is 19.1 Å². The van der Waals surface area contributed by atoms with Gasteiger partial charge in [0.25, 0.3) is 0 Å². The maximum Gasteiger partial charge on any atom is 0.314 e. The molecule has 0 bridgehead atoms. The Morgan fingerprint density at radius 2 is 1.76 bits per heavy atom. The summed E-state index contributed by atoms with van der Waals surface area (Å²) in [4.78, 5) is 36.7. The van der Waals surface area contributed by atoms with Crippen molar-refractivity contribution in [2.24, 2.45) is 28.1 Å². The third-order valence-electron chi connectivity index (χ3n) is 9.09. The van der Waals surface area contributed by atoms with E-state index < -0.39 is 11.5 Å². The Morgan fingerprint density at radius 3 is 2.39 bits per heavy atom. The zero-order valence-corrected chi connectivity index (χ0v) is 20.8. The van der Waals surface area contributed by atoms with Gasteiger partial charge < -0.3 is 9.84 Å². The summed E-state index contributed by atoms with van der Waals surface area (Å²) in [5, 5.41) is 10.9. The van der Waals surface area contributed by atoms with Crippen LogP contribution < -0.4 is 0 Å². The van der Waals surface area contributed by atoms with Gasteiger partial charge in [0.15, 0.2) is 5.78 Å². The minimum Gasteiger partial charge on any atom is -0.469 e. The van der Waals surface area contributed by atoms with Crippen LogP contribution in [0.15, 0.2) is 47.1 Å². The number of esters is 1. The van der Waals surface area contributed by atoms with Crippen LogP contribution in [0.1, 0.15) is 66.7 Å². The van der Waals surface area contributed by atoms with Gasteiger partial charge in [-0.15, -0.1) is 0 Å². The number of Topliss-reactive ketones (excluding diaryl/α,β-unsaturated/α-hetero) is 1. The van der Waals surface area contributed by atoms with E-state index in [9.17, 15) is 19.5 Å². The quantitative estimate of drug-likeness (QED) is 0.276. The van der Waals surface area contributed by atoms with Crippen molar-refractivity contribution in [2.75, 3.05) is 7.11 Å². The number of rotatable bonds is 5. The molecule has 0 spiro atoms. The number of aldehydes is 1. The van der Waals surface area contributed by atoms with Crippen molar-refractivity contribution in [1.29, 1.82) is 0 Å². The summed E-state index contributed by atoms with van der Waals surface area (Å²) in [6, 6.07) is 0. The van der Waals surface area contributed by atoms with Crippen molar-refractivity contribution < 1.29 is 24.2 Å². The average Bonchev–Trinajstić information content (AvgIpc) is 3.05. The molecule has 5 heteroatoms. The molecule has 3 aliphatic rings. The summed E-state index contributed by atoms with van der Waals surface area (Å²) in [5.74, 6) is -0.0603. The van der Waals surface area contributed by atoms with Crippen molar-refractivity contribution in [1.82, 2.24) is 0 Å². The molecule has 5 nitrogen and oxygen atoms in total. The summed E-state index contributed by atoms with van der Waals surface area (Å²) in [6.45, 7) is 10.2. The number of aliphatic hydroxyl groups excluding tert-OH is 1. The molecule has 0 radical (unpaired) electrons. The predicted molar refractivity (Wildman–Crippen MR) is 128 cm³/mol. The number of ether oxygens (including phenoxy) is 1. The Balaban J connectivity index is 1.99. The monoisotopic (exact) mass is 454 g/mol. The highest BCUT2D eigenvalue weighted by Gasteiger charge is 2.67. The van der Waals surface area contributed by atoms with Gasteiger partial charge in [0.05, 0.1) is 18.6 Å². The normalized spacial score (nSPS) is 40.6. The third-order valence-corrected chi connectivity index (χ3v) is 9.09. The van der Waals surface area contributed by atoms with E-state index in [1.54, 1.807) is 6.08 Å². The van der Waals surface area contributed by atoms with Gasteiger partial charge in [-0.2, -0.15) is 0 Å². The van der Waals surface area contributed by atoms with Gasteiger partial charge >= 0.3 is 5.97 Å². The van der Waals surface area contributed by atoms with Crippen molar-refractivity contribution in [3.8, 4) is 0 Å². The SMILES string of the molecule is COC(=O)[C@@]1(C)[C@H](O)CC[C@@]2(C)[C@H]1CC[C@]1(C)\C(=C(C)/C=C/C=C(C)/C=C/C=O)C(=O)C[C@@H]21. The van der Waals surface area contributed by atoms with E-state index >= 15 is 0 Å². The van der Waals surface area contributed by atoms with Crippen LogP contribution in [0.2, 0.25) is 0 Å². The number of aliphatic hydroxyl groups is 1. The van der Waals surface area contributed by atoms with Crippen LogP contribution in [0.3, 0.4) is 0 Å². The zero-order chi connectivity index (χ0) is 24.6. The summed E-state index contributed by atoms with van der Waals surface area (Å²) in [6.07, 6.45) is 12.4. The number of allylic oxidation sites excluding steroid dienone is 8. The lowest BCUT2D eigenvalue weighted by Crippen LogP contribution is -2.61. The number of carbonyl (C=O) groups is 3. The fourth-order valence-corrected chi connectivity index (χ4v) is 7.44. The zero-order valence-electron chi connectivity index (χ0n) is 20.8. The molecular formula is C28H38O5. The third kappa shape index (κ3) is 3.99. The van der Waals surface area contributed by atoms with Crippen molar-refractivity contribution in [3.63, 3.8) is 0 Å². The van der Waals surface area contributed by atoms with Crippen LogP contribution in [0, 0.1) is 28.1 Å². The van der Waals surface area contributed by atoms with Crippen molar-refractivity contribution in [2.45, 2.75) is 72.8 Å². The van der Waals surface area contributed by atoms with E-state index in [-0.39, 0.29) is 34.4 Å². The molecule has 3 aliphatic carbocycles. The lowest BCUT2D eigenvalue weighted by molar-refractivity contribution is -0.196. The van der Waals surface area contributed by atoms with Gasteiger partial charge in [-0.1, -0.05) is 43.7 Å². The summed E-state index contributed by atoms with van der Waals surface area (Å²) in [7, 11) is 1.39. The smallest absolute Gasteiger partial charge is 0.314 e. The summed E-state index contributed by atoms with van der Waals surface area (Å²) >= 11 is 0. The highest BCUT2D eigenvalue weighted by Crippen LogP contribution is 2.69. The Bertz CT molecular complexity index is 953.